The molecule has 4 nitrogen and oxygen atoms in total. The highest BCUT2D eigenvalue weighted by Crippen LogP contribution is 2.44. The van der Waals surface area contributed by atoms with Crippen LogP contribution in [0.1, 0.15) is 39.0 Å². The highest BCUT2D eigenvalue weighted by molar-refractivity contribution is 6.30. The van der Waals surface area contributed by atoms with Crippen molar-refractivity contribution < 1.29 is 14.7 Å². The smallest absolute Gasteiger partial charge is 0.264 e. The summed E-state index contributed by atoms with van der Waals surface area (Å²) in [5, 5.41) is 14.4. The highest BCUT2D eigenvalue weighted by atomic mass is 35.5. The Hall–Kier alpha value is -3.47. The number of aliphatic hydroxyl groups is 1. The van der Waals surface area contributed by atoms with E-state index in [0.717, 1.165) is 29.2 Å². The van der Waals surface area contributed by atoms with Gasteiger partial charge in [-0.25, -0.2) is 0 Å². The first-order valence-corrected chi connectivity index (χ1v) is 11.8. The molecule has 4 aromatic rings. The molecule has 4 aromatic carbocycles. The Balaban J connectivity index is 1.37. The maximum Gasteiger partial charge on any atom is 0.264 e. The summed E-state index contributed by atoms with van der Waals surface area (Å²) in [6.07, 6.45) is 1.64. The first kappa shape index (κ1) is 21.1. The third kappa shape index (κ3) is 3.17. The van der Waals surface area contributed by atoms with E-state index in [1.165, 1.54) is 11.1 Å². The van der Waals surface area contributed by atoms with Gasteiger partial charge in [0, 0.05) is 16.1 Å². The van der Waals surface area contributed by atoms with E-state index in [-0.39, 0.29) is 18.7 Å². The summed E-state index contributed by atoms with van der Waals surface area (Å²) in [6.45, 7) is 0.282. The van der Waals surface area contributed by atoms with Gasteiger partial charge in [-0.2, -0.15) is 0 Å². The van der Waals surface area contributed by atoms with Crippen molar-refractivity contribution in [2.75, 3.05) is 4.90 Å². The molecule has 1 N–H and O–H groups in total. The third-order valence-corrected chi connectivity index (χ3v) is 7.34. The number of nitrogens with zero attached hydrogens (tertiary/aromatic N) is 1. The summed E-state index contributed by atoms with van der Waals surface area (Å²) in [4.78, 5) is 28.7. The molecule has 1 aliphatic heterocycles. The number of anilines is 1. The monoisotopic (exact) mass is 467 g/mol. The second-order valence-corrected chi connectivity index (χ2v) is 9.54. The molecule has 1 aliphatic carbocycles. The predicted molar refractivity (Wildman–Crippen MR) is 133 cm³/mol. The number of ketones is 1. The van der Waals surface area contributed by atoms with E-state index in [2.05, 4.69) is 6.07 Å². The predicted octanol–water partition coefficient (Wildman–Crippen LogP) is 5.60. The number of hydrogen-bond acceptors (Lipinski definition) is 3. The average molecular weight is 468 g/mol. The molecule has 2 aliphatic rings. The van der Waals surface area contributed by atoms with Crippen LogP contribution in [0.25, 0.3) is 10.8 Å². The molecule has 0 aromatic heterocycles. The fourth-order valence-corrected chi connectivity index (χ4v) is 5.55. The Labute approximate surface area is 202 Å². The lowest BCUT2D eigenvalue weighted by Crippen LogP contribution is -2.41. The number of Topliss-reactive ketones (excluding diaryl/α,β-unsaturated/α-hetero) is 1. The van der Waals surface area contributed by atoms with Gasteiger partial charge >= 0.3 is 0 Å². The van der Waals surface area contributed by atoms with Crippen molar-refractivity contribution in [2.45, 2.75) is 31.4 Å². The normalized spacial score (nSPS) is 18.5. The van der Waals surface area contributed by atoms with E-state index in [1.54, 1.807) is 29.2 Å². The van der Waals surface area contributed by atoms with Crippen molar-refractivity contribution in [1.82, 2.24) is 0 Å². The molecular weight excluding hydrogens is 446 g/mol. The minimum atomic E-state index is -1.91. The van der Waals surface area contributed by atoms with E-state index in [1.807, 2.05) is 48.5 Å². The van der Waals surface area contributed by atoms with Gasteiger partial charge in [0.2, 0.25) is 0 Å². The number of carbonyl (C=O) groups is 2. The zero-order valence-corrected chi connectivity index (χ0v) is 19.2. The molecule has 0 saturated heterocycles. The van der Waals surface area contributed by atoms with Gasteiger partial charge in [0.25, 0.3) is 5.91 Å². The third-order valence-electron chi connectivity index (χ3n) is 7.09. The molecule has 0 fully saturated rings. The molecule has 0 radical (unpaired) electrons. The van der Waals surface area contributed by atoms with Crippen LogP contribution in [0.2, 0.25) is 5.02 Å². The van der Waals surface area contributed by atoms with Crippen molar-refractivity contribution in [3.05, 3.63) is 112 Å². The first-order chi connectivity index (χ1) is 16.5. The van der Waals surface area contributed by atoms with Crippen molar-refractivity contribution in [3.63, 3.8) is 0 Å². The summed E-state index contributed by atoms with van der Waals surface area (Å²) >= 11 is 6.01. The van der Waals surface area contributed by atoms with Crippen LogP contribution in [0.4, 0.5) is 5.69 Å². The average Bonchev–Trinajstić information content (AvgIpc) is 3.36. The second-order valence-electron chi connectivity index (χ2n) is 9.11. The van der Waals surface area contributed by atoms with Gasteiger partial charge in [-0.05, 0) is 58.5 Å². The standard InChI is InChI=1S/C29H22ClNO3/c30-21-13-8-18(9-14-21)17-31-25-7-2-1-6-24(25)29(34,28(31)33)16-26(32)22-15-12-20-11-10-19-4-3-5-23(22)27(19)20/h1-9,12-15,34H,10-11,16-17H2. The number of fused-ring (bicyclic) bond motifs is 1. The second kappa shape index (κ2) is 7.79. The fraction of sp³-hybridized carbons (Fsp3) is 0.172. The number of aryl methyl sites for hydroxylation is 2. The molecule has 168 valence electrons. The van der Waals surface area contributed by atoms with E-state index in [0.29, 0.717) is 21.8 Å². The van der Waals surface area contributed by atoms with Gasteiger partial charge in [-0.1, -0.05) is 72.3 Å². The van der Waals surface area contributed by atoms with Crippen molar-refractivity contribution in [1.29, 1.82) is 0 Å². The van der Waals surface area contributed by atoms with Crippen molar-refractivity contribution >= 4 is 39.8 Å². The molecule has 1 amide bonds. The zero-order valence-electron chi connectivity index (χ0n) is 18.4. The Morgan fingerprint density at radius 1 is 0.912 bits per heavy atom. The van der Waals surface area contributed by atoms with Gasteiger partial charge in [0.05, 0.1) is 18.7 Å². The van der Waals surface area contributed by atoms with E-state index < -0.39 is 11.5 Å². The zero-order chi connectivity index (χ0) is 23.4. The molecule has 0 saturated carbocycles. The Morgan fingerprint density at radius 3 is 2.44 bits per heavy atom. The number of para-hydroxylation sites is 1. The fourth-order valence-electron chi connectivity index (χ4n) is 5.42. The van der Waals surface area contributed by atoms with E-state index in [4.69, 9.17) is 11.6 Å². The van der Waals surface area contributed by atoms with Gasteiger partial charge in [-0.15, -0.1) is 0 Å². The highest BCUT2D eigenvalue weighted by Gasteiger charge is 2.50. The lowest BCUT2D eigenvalue weighted by Gasteiger charge is -2.23. The lowest BCUT2D eigenvalue weighted by molar-refractivity contribution is -0.136. The Bertz CT molecular complexity index is 1470. The minimum Gasteiger partial charge on any atom is -0.375 e. The maximum absolute atomic E-state index is 13.6. The molecule has 1 heterocycles. The number of amides is 1. The van der Waals surface area contributed by atoms with E-state index >= 15 is 0 Å². The van der Waals surface area contributed by atoms with Crippen LogP contribution in [0.15, 0.2) is 78.9 Å². The number of carbonyl (C=O) groups excluding carboxylic acids is 2. The van der Waals surface area contributed by atoms with Crippen LogP contribution in [0, 0.1) is 0 Å². The molecule has 6 rings (SSSR count). The van der Waals surface area contributed by atoms with Gasteiger partial charge in [0.15, 0.2) is 11.4 Å². The first-order valence-electron chi connectivity index (χ1n) is 11.4. The molecule has 0 bridgehead atoms. The molecular formula is C29H22ClNO3. The number of hydrogen-bond donors (Lipinski definition) is 1. The molecule has 5 heteroatoms. The summed E-state index contributed by atoms with van der Waals surface area (Å²) in [5.41, 5.74) is 3.11. The minimum absolute atomic E-state index is 0.241. The maximum atomic E-state index is 13.6. The number of halogens is 1. The summed E-state index contributed by atoms with van der Waals surface area (Å²) in [7, 11) is 0. The summed E-state index contributed by atoms with van der Waals surface area (Å²) in [6, 6.07) is 24.3. The lowest BCUT2D eigenvalue weighted by atomic mass is 9.86. The molecule has 1 atom stereocenters. The SMILES string of the molecule is O=C(CC1(O)C(=O)N(Cc2ccc(Cl)cc2)c2ccccc21)c1ccc2c3c(cccc13)CC2. The van der Waals surface area contributed by atoms with Crippen molar-refractivity contribution in [2.24, 2.45) is 0 Å². The summed E-state index contributed by atoms with van der Waals surface area (Å²) in [5.74, 6) is -0.725. The largest absolute Gasteiger partial charge is 0.375 e. The summed E-state index contributed by atoms with van der Waals surface area (Å²) < 4.78 is 0. The molecule has 34 heavy (non-hydrogen) atoms. The Morgan fingerprint density at radius 2 is 1.65 bits per heavy atom. The van der Waals surface area contributed by atoms with Crippen LogP contribution >= 0.6 is 11.6 Å². The van der Waals surface area contributed by atoms with Crippen LogP contribution in [0.5, 0.6) is 0 Å². The number of benzene rings is 4. The van der Waals surface area contributed by atoms with Crippen LogP contribution in [-0.4, -0.2) is 16.8 Å². The van der Waals surface area contributed by atoms with E-state index in [9.17, 15) is 14.7 Å². The van der Waals surface area contributed by atoms with Gasteiger partial charge < -0.3 is 10.0 Å². The van der Waals surface area contributed by atoms with Crippen LogP contribution in [-0.2, 0) is 29.8 Å². The quantitative estimate of drug-likeness (QED) is 0.389. The topological polar surface area (TPSA) is 57.6 Å². The molecule has 1 unspecified atom stereocenters. The van der Waals surface area contributed by atoms with Crippen LogP contribution < -0.4 is 4.90 Å². The van der Waals surface area contributed by atoms with Gasteiger partial charge in [-0.3, -0.25) is 9.59 Å². The number of rotatable bonds is 5. The van der Waals surface area contributed by atoms with Gasteiger partial charge in [0.1, 0.15) is 0 Å². The Kier molecular flexibility index (Phi) is 4.83. The van der Waals surface area contributed by atoms with Crippen molar-refractivity contribution in [3.8, 4) is 0 Å². The van der Waals surface area contributed by atoms with Crippen LogP contribution in [0.3, 0.4) is 0 Å². The molecule has 0 spiro atoms.